The van der Waals surface area contributed by atoms with Gasteiger partial charge in [-0.1, -0.05) is 11.3 Å². The number of ether oxygens (including phenoxy) is 1. The number of halogens is 1. The van der Waals surface area contributed by atoms with Gasteiger partial charge in [0, 0.05) is 17.2 Å². The van der Waals surface area contributed by atoms with Crippen molar-refractivity contribution < 1.29 is 24.1 Å². The Balaban J connectivity index is 2.08. The Bertz CT molecular complexity index is 1690. The number of nitrogens with zero attached hydrogens (tertiary/aromatic N) is 5. The maximum Gasteiger partial charge on any atom is 0.333 e. The fourth-order valence-corrected chi connectivity index (χ4v) is 5.75. The van der Waals surface area contributed by atoms with E-state index < -0.39 is 47.3 Å². The fourth-order valence-electron chi connectivity index (χ4n) is 4.54. The number of hydrogen-bond acceptors (Lipinski definition) is 9. The predicted molar refractivity (Wildman–Crippen MR) is 147 cm³/mol. The van der Waals surface area contributed by atoms with Crippen molar-refractivity contribution in [2.45, 2.75) is 58.3 Å². The second-order valence-electron chi connectivity index (χ2n) is 10.3. The average Bonchev–Trinajstić information content (AvgIpc) is 3.54. The van der Waals surface area contributed by atoms with Crippen LogP contribution >= 0.6 is 11.3 Å². The van der Waals surface area contributed by atoms with Crippen molar-refractivity contribution in [3.63, 3.8) is 0 Å². The minimum absolute atomic E-state index is 0.0796. The molecule has 0 spiro atoms. The second kappa shape index (κ2) is 10.6. The maximum atomic E-state index is 14.3. The van der Waals surface area contributed by atoms with Crippen molar-refractivity contribution in [3.8, 4) is 10.8 Å². The first-order chi connectivity index (χ1) is 18.8. The van der Waals surface area contributed by atoms with E-state index >= 15 is 0 Å². The largest absolute Gasteiger partial charge is 0.496 e. The molecule has 3 N–H and O–H groups in total. The summed E-state index contributed by atoms with van der Waals surface area (Å²) < 4.78 is 21.5. The van der Waals surface area contributed by atoms with E-state index in [-0.39, 0.29) is 27.6 Å². The van der Waals surface area contributed by atoms with Gasteiger partial charge in [0.2, 0.25) is 5.91 Å². The summed E-state index contributed by atoms with van der Waals surface area (Å²) in [4.78, 5) is 42.7. The van der Waals surface area contributed by atoms with Crippen LogP contribution in [0.25, 0.3) is 15.2 Å². The van der Waals surface area contributed by atoms with Gasteiger partial charge in [-0.3, -0.25) is 14.2 Å². The lowest BCUT2D eigenvalue weighted by atomic mass is 9.93. The van der Waals surface area contributed by atoms with Crippen molar-refractivity contribution in [1.82, 2.24) is 29.4 Å². The summed E-state index contributed by atoms with van der Waals surface area (Å²) in [7, 11) is 1.32. The molecule has 40 heavy (non-hydrogen) atoms. The van der Waals surface area contributed by atoms with E-state index in [0.29, 0.717) is 10.6 Å². The minimum Gasteiger partial charge on any atom is -0.496 e. The number of nitrogens with one attached hydrogen (secondary N) is 1. The molecule has 1 atom stereocenters. The zero-order valence-electron chi connectivity index (χ0n) is 22.9. The molecule has 0 fully saturated rings. The summed E-state index contributed by atoms with van der Waals surface area (Å²) in [6.45, 7) is 6.51. The Morgan fingerprint density at radius 3 is 2.45 bits per heavy atom. The van der Waals surface area contributed by atoms with Crippen LogP contribution in [0.4, 0.5) is 4.39 Å². The molecule has 0 aliphatic heterocycles. The van der Waals surface area contributed by atoms with Gasteiger partial charge in [-0.25, -0.2) is 13.8 Å². The van der Waals surface area contributed by atoms with Crippen LogP contribution in [0.2, 0.25) is 0 Å². The number of thiophene rings is 1. The number of aromatic nitrogens is 5. The normalized spacial score (nSPS) is 13.6. The minimum atomic E-state index is -2.22. The smallest absolute Gasteiger partial charge is 0.333 e. The highest BCUT2D eigenvalue weighted by molar-refractivity contribution is 7.21. The lowest BCUT2D eigenvalue weighted by Gasteiger charge is -2.31. The van der Waals surface area contributed by atoms with Crippen LogP contribution in [0.5, 0.6) is 5.75 Å². The third kappa shape index (κ3) is 4.82. The average molecular weight is 575 g/mol. The Morgan fingerprint density at radius 1 is 1.23 bits per heavy atom. The number of amides is 1. The molecule has 3 aromatic heterocycles. The molecule has 0 aliphatic carbocycles. The molecule has 3 heterocycles. The number of methoxy groups -OCH3 is 1. The molecular weight excluding hydrogens is 543 g/mol. The van der Waals surface area contributed by atoms with Gasteiger partial charge in [0.05, 0.1) is 38.0 Å². The van der Waals surface area contributed by atoms with Crippen molar-refractivity contribution in [2.75, 3.05) is 13.7 Å². The third-order valence-corrected chi connectivity index (χ3v) is 7.95. The molecule has 0 bridgehead atoms. The number of aliphatic hydroxyl groups excluding tert-OH is 1. The first-order valence-corrected chi connectivity index (χ1v) is 13.2. The molecule has 4 rings (SSSR count). The van der Waals surface area contributed by atoms with Crippen LogP contribution in [0.1, 0.15) is 38.8 Å². The van der Waals surface area contributed by atoms with Gasteiger partial charge in [0.1, 0.15) is 32.5 Å². The SMILES string of the molecule is COc1ccc(F)cc1C(O)(CO)Cn1c(=O)n(C(C)(C)C(=O)NC(C)C)c(=O)c2c(C)c(-n3nccn3)sc21. The van der Waals surface area contributed by atoms with Crippen molar-refractivity contribution in [3.05, 3.63) is 68.4 Å². The lowest BCUT2D eigenvalue weighted by Crippen LogP contribution is -2.57. The predicted octanol–water partition coefficient (Wildman–Crippen LogP) is 1.40. The van der Waals surface area contributed by atoms with Crippen LogP contribution in [0, 0.1) is 12.7 Å². The number of benzene rings is 1. The third-order valence-electron chi connectivity index (χ3n) is 6.67. The zero-order chi connectivity index (χ0) is 29.6. The highest BCUT2D eigenvalue weighted by Crippen LogP contribution is 2.35. The topological polar surface area (TPSA) is 154 Å². The second-order valence-corrected chi connectivity index (χ2v) is 11.2. The van der Waals surface area contributed by atoms with E-state index in [9.17, 15) is 29.0 Å². The van der Waals surface area contributed by atoms with Gasteiger partial charge in [-0.05, 0) is 52.8 Å². The maximum absolute atomic E-state index is 14.3. The fraction of sp³-hybridized carbons (Fsp3) is 0.423. The molecule has 12 nitrogen and oxygen atoms in total. The molecule has 0 aliphatic rings. The number of rotatable bonds is 9. The molecule has 0 saturated heterocycles. The number of carbonyl (C=O) groups is 1. The molecule has 214 valence electrons. The number of fused-ring (bicyclic) bond motifs is 1. The summed E-state index contributed by atoms with van der Waals surface area (Å²) in [5, 5.41) is 33.6. The van der Waals surface area contributed by atoms with Gasteiger partial charge in [-0.2, -0.15) is 10.2 Å². The van der Waals surface area contributed by atoms with E-state index in [4.69, 9.17) is 4.74 Å². The first kappa shape index (κ1) is 29.1. The first-order valence-electron chi connectivity index (χ1n) is 12.4. The molecule has 0 saturated carbocycles. The summed E-state index contributed by atoms with van der Waals surface area (Å²) >= 11 is 1.02. The van der Waals surface area contributed by atoms with Crippen LogP contribution < -0.4 is 21.3 Å². The van der Waals surface area contributed by atoms with Gasteiger partial charge >= 0.3 is 5.69 Å². The molecule has 1 unspecified atom stereocenters. The summed E-state index contributed by atoms with van der Waals surface area (Å²) in [5.74, 6) is -1.19. The van der Waals surface area contributed by atoms with Crippen LogP contribution in [-0.4, -0.2) is 60.0 Å². The van der Waals surface area contributed by atoms with E-state index in [1.54, 1.807) is 20.8 Å². The van der Waals surface area contributed by atoms with E-state index in [0.717, 1.165) is 32.6 Å². The summed E-state index contributed by atoms with van der Waals surface area (Å²) in [6.07, 6.45) is 2.91. The lowest BCUT2D eigenvalue weighted by molar-refractivity contribution is -0.129. The van der Waals surface area contributed by atoms with E-state index in [1.807, 2.05) is 0 Å². The molecule has 14 heteroatoms. The molecule has 4 aromatic rings. The van der Waals surface area contributed by atoms with E-state index in [1.165, 1.54) is 44.2 Å². The Kier molecular flexibility index (Phi) is 7.71. The van der Waals surface area contributed by atoms with E-state index in [2.05, 4.69) is 15.5 Å². The van der Waals surface area contributed by atoms with Gasteiger partial charge in [0.15, 0.2) is 0 Å². The Labute approximate surface area is 232 Å². The Morgan fingerprint density at radius 2 is 1.88 bits per heavy atom. The number of carbonyl (C=O) groups excluding carboxylic acids is 1. The number of aliphatic hydroxyl groups is 2. The van der Waals surface area contributed by atoms with Crippen LogP contribution in [-0.2, 0) is 22.5 Å². The van der Waals surface area contributed by atoms with Gasteiger partial charge in [0.25, 0.3) is 5.56 Å². The highest BCUT2D eigenvalue weighted by atomic mass is 32.1. The summed E-state index contributed by atoms with van der Waals surface area (Å²) in [6, 6.07) is 3.16. The highest BCUT2D eigenvalue weighted by Gasteiger charge is 2.39. The zero-order valence-corrected chi connectivity index (χ0v) is 23.7. The van der Waals surface area contributed by atoms with Crippen molar-refractivity contribution in [2.24, 2.45) is 0 Å². The van der Waals surface area contributed by atoms with Crippen LogP contribution in [0.15, 0.2) is 40.2 Å². The molecule has 1 aromatic carbocycles. The molecule has 0 radical (unpaired) electrons. The summed E-state index contributed by atoms with van der Waals surface area (Å²) in [5.41, 5.74) is -5.17. The van der Waals surface area contributed by atoms with Gasteiger partial charge in [-0.15, -0.1) is 4.80 Å². The Hall–Kier alpha value is -3.88. The van der Waals surface area contributed by atoms with Crippen molar-refractivity contribution in [1.29, 1.82) is 0 Å². The molecular formula is C26H31FN6O6S. The van der Waals surface area contributed by atoms with Crippen LogP contribution in [0.3, 0.4) is 0 Å². The number of aryl methyl sites for hydroxylation is 1. The van der Waals surface area contributed by atoms with Crippen molar-refractivity contribution >= 4 is 27.5 Å². The quantitative estimate of drug-likeness (QED) is 0.271. The van der Waals surface area contributed by atoms with Gasteiger partial charge < -0.3 is 20.3 Å². The molecule has 1 amide bonds. The number of hydrogen-bond donors (Lipinski definition) is 3. The monoisotopic (exact) mass is 574 g/mol. The standard InChI is InChI=1S/C26H31FN6O6S/c1-14(2)30-23(36)25(4,5)32-20(35)19-15(3)21(33-28-9-10-29-33)40-22(19)31(24(32)37)12-26(38,13-34)17-11-16(27)7-8-18(17)39-6/h7-11,14,34,38H,12-13H2,1-6H3,(H,30,36).